The maximum atomic E-state index is 11.2. The fourth-order valence-corrected chi connectivity index (χ4v) is 2.16. The summed E-state index contributed by atoms with van der Waals surface area (Å²) in [5, 5.41) is 12.3. The number of hydrogen-bond acceptors (Lipinski definition) is 2. The van der Waals surface area contributed by atoms with Crippen LogP contribution in [0.1, 0.15) is 26.2 Å². The van der Waals surface area contributed by atoms with Gasteiger partial charge >= 0.3 is 0 Å². The average Bonchev–Trinajstić information content (AvgIpc) is 2.18. The van der Waals surface area contributed by atoms with E-state index in [0.29, 0.717) is 0 Å². The minimum atomic E-state index is -0.398. The van der Waals surface area contributed by atoms with Crippen molar-refractivity contribution in [1.82, 2.24) is 5.32 Å². The Morgan fingerprint density at radius 1 is 1.73 bits per heavy atom. The molecule has 0 aromatic heterocycles. The van der Waals surface area contributed by atoms with E-state index in [1.807, 2.05) is 0 Å². The Hall–Kier alpha value is -0.570. The Kier molecular flexibility index (Phi) is 1.27. The van der Waals surface area contributed by atoms with Crippen LogP contribution in [-0.4, -0.2) is 22.7 Å². The second-order valence-electron chi connectivity index (χ2n) is 3.97. The number of hydrogen-bond donors (Lipinski definition) is 2. The summed E-state index contributed by atoms with van der Waals surface area (Å²) in [6, 6.07) is 0. The molecule has 2 bridgehead atoms. The summed E-state index contributed by atoms with van der Waals surface area (Å²) < 4.78 is 0. The van der Waals surface area contributed by atoms with Gasteiger partial charge in [0.05, 0.1) is 12.0 Å². The molecule has 3 atom stereocenters. The second kappa shape index (κ2) is 1.97. The second-order valence-corrected chi connectivity index (χ2v) is 3.97. The number of carbonyl (C=O) groups excluding carboxylic acids is 1. The molecule has 11 heavy (non-hydrogen) atoms. The highest BCUT2D eigenvalue weighted by Crippen LogP contribution is 2.37. The van der Waals surface area contributed by atoms with Gasteiger partial charge in [-0.05, 0) is 26.2 Å². The summed E-state index contributed by atoms with van der Waals surface area (Å²) >= 11 is 0. The summed E-state index contributed by atoms with van der Waals surface area (Å²) in [5.74, 6) is -0.0914. The first-order chi connectivity index (χ1) is 5.11. The van der Waals surface area contributed by atoms with E-state index in [0.717, 1.165) is 19.3 Å². The van der Waals surface area contributed by atoms with E-state index in [-0.39, 0.29) is 17.4 Å². The van der Waals surface area contributed by atoms with E-state index in [4.69, 9.17) is 0 Å². The van der Waals surface area contributed by atoms with E-state index in [2.05, 4.69) is 12.2 Å². The first kappa shape index (κ1) is 7.10. The molecule has 1 saturated carbocycles. The van der Waals surface area contributed by atoms with Crippen LogP contribution in [0.2, 0.25) is 0 Å². The monoisotopic (exact) mass is 155 g/mol. The summed E-state index contributed by atoms with van der Waals surface area (Å²) in [6.45, 7) is 2.05. The summed E-state index contributed by atoms with van der Waals surface area (Å²) in [7, 11) is 0. The van der Waals surface area contributed by atoms with Crippen molar-refractivity contribution in [3.8, 4) is 0 Å². The number of rotatable bonds is 0. The maximum absolute atomic E-state index is 11.2. The maximum Gasteiger partial charge on any atom is 0.226 e. The smallest absolute Gasteiger partial charge is 0.226 e. The lowest BCUT2D eigenvalue weighted by molar-refractivity contribution is -0.125. The molecule has 62 valence electrons. The largest absolute Gasteiger partial charge is 0.392 e. The van der Waals surface area contributed by atoms with Gasteiger partial charge in [0, 0.05) is 5.54 Å². The van der Waals surface area contributed by atoms with Crippen LogP contribution in [0.3, 0.4) is 0 Å². The molecule has 0 aromatic carbocycles. The van der Waals surface area contributed by atoms with E-state index in [9.17, 15) is 9.90 Å². The number of aliphatic hydroxyl groups is 1. The van der Waals surface area contributed by atoms with Crippen LogP contribution in [-0.2, 0) is 4.79 Å². The van der Waals surface area contributed by atoms with Gasteiger partial charge in [-0.25, -0.2) is 0 Å². The van der Waals surface area contributed by atoms with Gasteiger partial charge in [0.2, 0.25) is 5.91 Å². The molecule has 0 spiro atoms. The average molecular weight is 155 g/mol. The Bertz CT molecular complexity index is 204. The SMILES string of the molecule is C[C@]12CC[C@H](O)[C@H](C1)C(=O)N2. The van der Waals surface area contributed by atoms with Gasteiger partial charge in [-0.15, -0.1) is 0 Å². The highest BCUT2D eigenvalue weighted by molar-refractivity contribution is 5.83. The molecule has 1 heterocycles. The molecule has 2 aliphatic rings. The molecule has 0 unspecified atom stereocenters. The molecule has 0 radical (unpaired) electrons. The highest BCUT2D eigenvalue weighted by atomic mass is 16.3. The van der Waals surface area contributed by atoms with Crippen LogP contribution in [0.25, 0.3) is 0 Å². The van der Waals surface area contributed by atoms with Gasteiger partial charge in [-0.3, -0.25) is 4.79 Å². The number of amides is 1. The molecule has 3 nitrogen and oxygen atoms in total. The van der Waals surface area contributed by atoms with Crippen molar-refractivity contribution in [3.63, 3.8) is 0 Å². The van der Waals surface area contributed by atoms with E-state index < -0.39 is 6.10 Å². The van der Waals surface area contributed by atoms with Crippen molar-refractivity contribution < 1.29 is 9.90 Å². The molecule has 1 saturated heterocycles. The summed E-state index contributed by atoms with van der Waals surface area (Å²) in [4.78, 5) is 11.2. The first-order valence-electron chi connectivity index (χ1n) is 4.11. The standard InChI is InChI=1S/C8H13NO2/c1-8-3-2-6(10)5(4-8)7(11)9-8/h5-6,10H,2-4H2,1H3,(H,9,11)/t5-,6-,8-/m0/s1. The quantitative estimate of drug-likeness (QED) is 0.518. The van der Waals surface area contributed by atoms with Crippen LogP contribution < -0.4 is 5.32 Å². The molecule has 2 N–H and O–H groups in total. The molecular weight excluding hydrogens is 142 g/mol. The number of nitrogens with one attached hydrogen (secondary N) is 1. The van der Waals surface area contributed by atoms with Crippen molar-refractivity contribution in [2.45, 2.75) is 37.8 Å². The van der Waals surface area contributed by atoms with E-state index in [1.54, 1.807) is 0 Å². The molecule has 3 heteroatoms. The zero-order chi connectivity index (χ0) is 8.06. The Morgan fingerprint density at radius 2 is 2.45 bits per heavy atom. The summed E-state index contributed by atoms with van der Waals surface area (Å²) in [6.07, 6.45) is 2.09. The van der Waals surface area contributed by atoms with Crippen LogP contribution in [0, 0.1) is 5.92 Å². The van der Waals surface area contributed by atoms with Gasteiger partial charge in [0.15, 0.2) is 0 Å². The highest BCUT2D eigenvalue weighted by Gasteiger charge is 2.47. The normalized spacial score (nSPS) is 49.1. The van der Waals surface area contributed by atoms with Crippen LogP contribution in [0.15, 0.2) is 0 Å². The fraction of sp³-hybridized carbons (Fsp3) is 0.875. The van der Waals surface area contributed by atoms with Gasteiger partial charge in [0.25, 0.3) is 0 Å². The molecular formula is C8H13NO2. The fourth-order valence-electron chi connectivity index (χ4n) is 2.16. The predicted octanol–water partition coefficient (Wildman–Crippen LogP) is 0.0359. The minimum absolute atomic E-state index is 0.0129. The third-order valence-electron chi connectivity index (χ3n) is 2.89. The molecule has 1 amide bonds. The molecule has 2 fully saturated rings. The Balaban J connectivity index is 2.24. The van der Waals surface area contributed by atoms with Crippen molar-refractivity contribution in [3.05, 3.63) is 0 Å². The van der Waals surface area contributed by atoms with Crippen molar-refractivity contribution in [1.29, 1.82) is 0 Å². The van der Waals surface area contributed by atoms with Gasteiger partial charge in [-0.1, -0.05) is 0 Å². The number of aliphatic hydroxyl groups excluding tert-OH is 1. The molecule has 2 rings (SSSR count). The lowest BCUT2D eigenvalue weighted by atomic mass is 9.80. The summed E-state index contributed by atoms with van der Waals surface area (Å²) in [5.41, 5.74) is -0.0129. The van der Waals surface area contributed by atoms with Crippen LogP contribution in [0.4, 0.5) is 0 Å². The van der Waals surface area contributed by atoms with Crippen molar-refractivity contribution in [2.24, 2.45) is 5.92 Å². The molecule has 1 aliphatic carbocycles. The number of fused-ring (bicyclic) bond motifs is 2. The third kappa shape index (κ3) is 0.948. The zero-order valence-electron chi connectivity index (χ0n) is 6.63. The van der Waals surface area contributed by atoms with Crippen molar-refractivity contribution in [2.75, 3.05) is 0 Å². The third-order valence-corrected chi connectivity index (χ3v) is 2.89. The zero-order valence-corrected chi connectivity index (χ0v) is 6.63. The Labute approximate surface area is 65.8 Å². The topological polar surface area (TPSA) is 49.3 Å². The van der Waals surface area contributed by atoms with Crippen molar-refractivity contribution >= 4 is 5.91 Å². The lowest BCUT2D eigenvalue weighted by Crippen LogP contribution is -2.38. The van der Waals surface area contributed by atoms with Crippen LogP contribution >= 0.6 is 0 Å². The van der Waals surface area contributed by atoms with Gasteiger partial charge in [0.1, 0.15) is 0 Å². The predicted molar refractivity (Wildman–Crippen MR) is 39.9 cm³/mol. The minimum Gasteiger partial charge on any atom is -0.392 e. The first-order valence-corrected chi connectivity index (χ1v) is 4.11. The molecule has 0 aromatic rings. The van der Waals surface area contributed by atoms with E-state index in [1.165, 1.54) is 0 Å². The number of carbonyl (C=O) groups is 1. The van der Waals surface area contributed by atoms with Gasteiger partial charge < -0.3 is 10.4 Å². The Morgan fingerprint density at radius 3 is 3.09 bits per heavy atom. The van der Waals surface area contributed by atoms with Gasteiger partial charge in [-0.2, -0.15) is 0 Å². The lowest BCUT2D eigenvalue weighted by Gasteiger charge is -2.29. The van der Waals surface area contributed by atoms with E-state index >= 15 is 0 Å². The molecule has 1 aliphatic heterocycles. The van der Waals surface area contributed by atoms with Crippen LogP contribution in [0.5, 0.6) is 0 Å².